The zero-order valence-electron chi connectivity index (χ0n) is 13.5. The van der Waals surface area contributed by atoms with E-state index in [0.29, 0.717) is 12.1 Å². The molecule has 0 saturated heterocycles. The van der Waals surface area contributed by atoms with E-state index in [1.54, 1.807) is 6.07 Å². The van der Waals surface area contributed by atoms with Crippen LogP contribution in [-0.2, 0) is 10.2 Å². The molecular formula is C17H27NO2. The highest BCUT2D eigenvalue weighted by atomic mass is 16.5. The summed E-state index contributed by atoms with van der Waals surface area (Å²) in [5.41, 5.74) is 1.71. The minimum Gasteiger partial charge on any atom is -0.281 e. The molecule has 0 radical (unpaired) electrons. The molecule has 3 heteroatoms. The third-order valence-electron chi connectivity index (χ3n) is 3.28. The van der Waals surface area contributed by atoms with Gasteiger partial charge < -0.3 is 0 Å². The highest BCUT2D eigenvalue weighted by molar-refractivity contribution is 5.91. The summed E-state index contributed by atoms with van der Waals surface area (Å²) in [7, 11) is 0. The Morgan fingerprint density at radius 2 is 1.75 bits per heavy atom. The first-order chi connectivity index (χ1) is 9.00. The van der Waals surface area contributed by atoms with Gasteiger partial charge >= 0.3 is 0 Å². The number of carbonyl (C=O) groups excluding carboxylic acids is 1. The van der Waals surface area contributed by atoms with Crippen molar-refractivity contribution in [3.8, 4) is 0 Å². The molecule has 0 bridgehead atoms. The number of benzene rings is 1. The fraction of sp³-hybridized carbons (Fsp3) is 0.588. The number of rotatable bonds is 3. The van der Waals surface area contributed by atoms with Gasteiger partial charge in [-0.25, -0.2) is 0 Å². The summed E-state index contributed by atoms with van der Waals surface area (Å²) in [6.45, 7) is 12.6. The quantitative estimate of drug-likeness (QED) is 0.651. The fourth-order valence-corrected chi connectivity index (χ4v) is 1.84. The van der Waals surface area contributed by atoms with Crippen molar-refractivity contribution in [2.24, 2.45) is 5.41 Å². The van der Waals surface area contributed by atoms with Crippen LogP contribution in [0, 0.1) is 5.41 Å². The molecule has 0 spiro atoms. The molecule has 0 atom stereocenters. The zero-order chi connectivity index (χ0) is 15.6. The van der Waals surface area contributed by atoms with Gasteiger partial charge in [-0.1, -0.05) is 53.7 Å². The van der Waals surface area contributed by atoms with Gasteiger partial charge in [0.15, 0.2) is 0 Å². The lowest BCUT2D eigenvalue weighted by molar-refractivity contribution is -0.124. The van der Waals surface area contributed by atoms with Crippen LogP contribution in [0.3, 0.4) is 0 Å². The summed E-state index contributed by atoms with van der Waals surface area (Å²) in [5, 5.41) is 10.8. The summed E-state index contributed by atoms with van der Waals surface area (Å²) in [4.78, 5) is 12.0. The Bertz CT molecular complexity index is 467. The predicted octanol–water partition coefficient (Wildman–Crippen LogP) is 4.53. The van der Waals surface area contributed by atoms with Crippen molar-refractivity contribution in [2.45, 2.75) is 59.8 Å². The molecule has 0 unspecified atom stereocenters. The van der Waals surface area contributed by atoms with E-state index in [0.717, 1.165) is 17.0 Å². The van der Waals surface area contributed by atoms with Crippen LogP contribution in [0.1, 0.15) is 59.9 Å². The second-order valence-corrected chi connectivity index (χ2v) is 7.57. The van der Waals surface area contributed by atoms with Crippen LogP contribution < -0.4 is 5.06 Å². The van der Waals surface area contributed by atoms with Gasteiger partial charge in [0.1, 0.15) is 0 Å². The van der Waals surface area contributed by atoms with Gasteiger partial charge in [0.25, 0.3) is 5.91 Å². The molecule has 1 rings (SSSR count). The number of hydrogen-bond donors (Lipinski definition) is 1. The number of amides is 1. The van der Waals surface area contributed by atoms with Gasteiger partial charge in [-0.15, -0.1) is 0 Å². The lowest BCUT2D eigenvalue weighted by Crippen LogP contribution is -2.28. The number of nitrogens with zero attached hydrogens (tertiary/aromatic N) is 1. The van der Waals surface area contributed by atoms with Crippen LogP contribution in [0.2, 0.25) is 0 Å². The van der Waals surface area contributed by atoms with Crippen molar-refractivity contribution in [3.05, 3.63) is 29.8 Å². The molecule has 0 aliphatic rings. The Morgan fingerprint density at radius 1 is 1.15 bits per heavy atom. The van der Waals surface area contributed by atoms with Gasteiger partial charge in [-0.05, 0) is 34.9 Å². The average molecular weight is 277 g/mol. The molecule has 0 fully saturated rings. The molecule has 20 heavy (non-hydrogen) atoms. The minimum atomic E-state index is -0.258. The second kappa shape index (κ2) is 5.96. The van der Waals surface area contributed by atoms with Crippen molar-refractivity contribution in [3.63, 3.8) is 0 Å². The smallest absolute Gasteiger partial charge is 0.250 e. The molecule has 1 aromatic rings. The maximum Gasteiger partial charge on any atom is 0.250 e. The van der Waals surface area contributed by atoms with Crippen LogP contribution in [0.25, 0.3) is 0 Å². The molecule has 0 aliphatic carbocycles. The first-order valence-corrected chi connectivity index (χ1v) is 7.13. The summed E-state index contributed by atoms with van der Waals surface area (Å²) in [6.07, 6.45) is 1.10. The zero-order valence-corrected chi connectivity index (χ0v) is 13.5. The van der Waals surface area contributed by atoms with E-state index in [4.69, 9.17) is 0 Å². The molecule has 1 aromatic carbocycles. The summed E-state index contributed by atoms with van der Waals surface area (Å²) in [6, 6.07) is 7.51. The maximum absolute atomic E-state index is 12.0. The Labute approximate surface area is 122 Å². The maximum atomic E-state index is 12.0. The molecule has 3 nitrogen and oxygen atoms in total. The first kappa shape index (κ1) is 16.7. The Kier molecular flexibility index (Phi) is 4.98. The van der Waals surface area contributed by atoms with Crippen molar-refractivity contribution in [2.75, 3.05) is 5.06 Å². The normalized spacial score (nSPS) is 12.3. The lowest BCUT2D eigenvalue weighted by atomic mass is 9.87. The molecule has 0 saturated carbocycles. The molecule has 1 amide bonds. The van der Waals surface area contributed by atoms with Crippen molar-refractivity contribution < 1.29 is 10.0 Å². The monoisotopic (exact) mass is 277 g/mol. The largest absolute Gasteiger partial charge is 0.281 e. The molecular weight excluding hydrogens is 250 g/mol. The van der Waals surface area contributed by atoms with Crippen LogP contribution in [0.15, 0.2) is 24.3 Å². The first-order valence-electron chi connectivity index (χ1n) is 7.13. The van der Waals surface area contributed by atoms with E-state index >= 15 is 0 Å². The summed E-state index contributed by atoms with van der Waals surface area (Å²) in [5.74, 6) is -0.258. The van der Waals surface area contributed by atoms with Crippen molar-refractivity contribution in [1.82, 2.24) is 0 Å². The van der Waals surface area contributed by atoms with E-state index in [-0.39, 0.29) is 16.7 Å². The number of carbonyl (C=O) groups is 1. The number of anilines is 1. The number of hydrogen-bond acceptors (Lipinski definition) is 2. The van der Waals surface area contributed by atoms with Crippen LogP contribution in [0.5, 0.6) is 0 Å². The lowest BCUT2D eigenvalue weighted by Gasteiger charge is -2.23. The Morgan fingerprint density at radius 3 is 2.25 bits per heavy atom. The van der Waals surface area contributed by atoms with Gasteiger partial charge in [-0.3, -0.25) is 10.0 Å². The molecule has 0 aliphatic heterocycles. The molecule has 0 aromatic heterocycles. The highest BCUT2D eigenvalue weighted by Crippen LogP contribution is 2.27. The second-order valence-electron chi connectivity index (χ2n) is 7.57. The predicted molar refractivity (Wildman–Crippen MR) is 83.1 cm³/mol. The third-order valence-corrected chi connectivity index (χ3v) is 3.28. The van der Waals surface area contributed by atoms with Gasteiger partial charge in [0.05, 0.1) is 5.69 Å². The van der Waals surface area contributed by atoms with E-state index in [1.807, 2.05) is 18.2 Å². The minimum absolute atomic E-state index is 0.00862. The van der Waals surface area contributed by atoms with Gasteiger partial charge in [0.2, 0.25) is 0 Å². The van der Waals surface area contributed by atoms with Crippen molar-refractivity contribution in [1.29, 1.82) is 0 Å². The fourth-order valence-electron chi connectivity index (χ4n) is 1.84. The Balaban J connectivity index is 2.82. The van der Waals surface area contributed by atoms with E-state index in [9.17, 15) is 10.0 Å². The van der Waals surface area contributed by atoms with Crippen LogP contribution in [-0.4, -0.2) is 11.1 Å². The van der Waals surface area contributed by atoms with E-state index in [1.165, 1.54) is 0 Å². The van der Waals surface area contributed by atoms with Gasteiger partial charge in [-0.2, -0.15) is 5.06 Å². The Hall–Kier alpha value is -1.35. The van der Waals surface area contributed by atoms with Crippen molar-refractivity contribution >= 4 is 11.6 Å². The highest BCUT2D eigenvalue weighted by Gasteiger charge is 2.20. The van der Waals surface area contributed by atoms with Crippen LogP contribution >= 0.6 is 0 Å². The molecule has 1 N–H and O–H groups in total. The van der Waals surface area contributed by atoms with E-state index < -0.39 is 0 Å². The standard InChI is InChI=1S/C17H27NO2/c1-16(2,3)11-10-15(19)18(20)14-9-7-8-13(12-14)17(4,5)6/h7-9,12,20H,10-11H2,1-6H3. The molecule has 0 heterocycles. The third kappa shape index (κ3) is 4.97. The summed E-state index contributed by atoms with van der Waals surface area (Å²) >= 11 is 0. The van der Waals surface area contributed by atoms with Gasteiger partial charge in [0, 0.05) is 6.42 Å². The molecule has 112 valence electrons. The van der Waals surface area contributed by atoms with Crippen LogP contribution in [0.4, 0.5) is 5.69 Å². The average Bonchev–Trinajstić information content (AvgIpc) is 2.33. The SMILES string of the molecule is CC(C)(C)CCC(=O)N(O)c1cccc(C(C)(C)C)c1. The summed E-state index contributed by atoms with van der Waals surface area (Å²) < 4.78 is 0. The van der Waals surface area contributed by atoms with E-state index in [2.05, 4.69) is 41.5 Å². The number of hydroxylamine groups is 1. The topological polar surface area (TPSA) is 40.5 Å².